The van der Waals surface area contributed by atoms with Crippen LogP contribution in [0.1, 0.15) is 290 Å². The summed E-state index contributed by atoms with van der Waals surface area (Å²) < 4.78 is 0. The molecule has 0 aliphatic heterocycles. The first-order chi connectivity index (χ1) is 26.0. The zero-order valence-electron chi connectivity index (χ0n) is 46.9. The van der Waals surface area contributed by atoms with Gasteiger partial charge in [0, 0.05) is 0 Å². The second kappa shape index (κ2) is 22.8. The summed E-state index contributed by atoms with van der Waals surface area (Å²) in [6.45, 7) is 67.5. The summed E-state index contributed by atoms with van der Waals surface area (Å²) >= 11 is 0. The quantitative estimate of drug-likeness (QED) is 0.0954. The number of hydrogen-bond acceptors (Lipinski definition) is 0. The molecule has 0 aliphatic carbocycles. The van der Waals surface area contributed by atoms with Crippen LogP contribution >= 0.6 is 0 Å². The predicted molar refractivity (Wildman–Crippen MR) is 273 cm³/mol. The van der Waals surface area contributed by atoms with E-state index in [4.69, 9.17) is 0 Å². The second-order valence-electron chi connectivity index (χ2n) is 31.0. The molecule has 0 saturated carbocycles. The van der Waals surface area contributed by atoms with Crippen molar-refractivity contribution in [1.82, 2.24) is 0 Å². The summed E-state index contributed by atoms with van der Waals surface area (Å²) in [6.07, 6.45) is 22.5. The molecule has 0 aromatic carbocycles. The van der Waals surface area contributed by atoms with Crippen LogP contribution in [0.3, 0.4) is 0 Å². The first kappa shape index (κ1) is 59.0. The van der Waals surface area contributed by atoms with Gasteiger partial charge in [-0.25, -0.2) is 0 Å². The lowest BCUT2D eigenvalue weighted by Crippen LogP contribution is -2.40. The molecular formula is C59H120. The Morgan fingerprint density at radius 1 is 0.254 bits per heavy atom. The number of unbranched alkanes of at least 4 members (excludes halogenated alkanes) is 2. The normalized spacial score (nSPS) is 16.1. The topological polar surface area (TPSA) is 0 Å². The minimum atomic E-state index is 0.312. The lowest BCUT2D eigenvalue weighted by Gasteiger charge is -2.47. The van der Waals surface area contributed by atoms with Crippen LogP contribution in [0, 0.1) is 90.2 Å². The minimum absolute atomic E-state index is 0.312. The van der Waals surface area contributed by atoms with E-state index in [9.17, 15) is 0 Å². The standard InChI is InChI=1S/C59H120/c1-51(2,3)43-46(50(58(22,23)24)59(25,26)27)38-31-35-44(34-29-28-30-39-47(52(4,5)6)53(7,8)9)42-45(36-32-40-48(54(10,11)12)55(13,14)15)37-33-41-49(56(16,17)18)57(19,20)21/h44-50H,28-43H2,1-27H3. The molecule has 2 unspecified atom stereocenters. The molecule has 0 spiro atoms. The molecule has 0 rings (SSSR count). The Labute approximate surface area is 378 Å². The Morgan fingerprint density at radius 2 is 0.508 bits per heavy atom. The molecule has 0 aromatic rings. The van der Waals surface area contributed by atoms with Crippen molar-refractivity contribution in [2.75, 3.05) is 0 Å². The zero-order valence-corrected chi connectivity index (χ0v) is 46.9. The fourth-order valence-corrected chi connectivity index (χ4v) is 14.5. The molecule has 0 bridgehead atoms. The molecule has 59 heavy (non-hydrogen) atoms. The summed E-state index contributed by atoms with van der Waals surface area (Å²) in [7, 11) is 0. The second-order valence-corrected chi connectivity index (χ2v) is 31.0. The van der Waals surface area contributed by atoms with Crippen molar-refractivity contribution in [1.29, 1.82) is 0 Å². The molecule has 0 aromatic heterocycles. The predicted octanol–water partition coefficient (Wildman–Crippen LogP) is 21.0. The molecule has 0 aliphatic rings. The van der Waals surface area contributed by atoms with Crippen LogP contribution in [-0.2, 0) is 0 Å². The van der Waals surface area contributed by atoms with E-state index in [1.165, 1.54) is 103 Å². The average Bonchev–Trinajstić information content (AvgIpc) is 2.92. The van der Waals surface area contributed by atoms with Gasteiger partial charge in [0.05, 0.1) is 0 Å². The van der Waals surface area contributed by atoms with Crippen molar-refractivity contribution in [3.05, 3.63) is 0 Å². The highest BCUT2D eigenvalue weighted by Crippen LogP contribution is 2.51. The molecule has 0 heterocycles. The molecule has 2 atom stereocenters. The van der Waals surface area contributed by atoms with E-state index in [-0.39, 0.29) is 0 Å². The van der Waals surface area contributed by atoms with Crippen LogP contribution in [0.4, 0.5) is 0 Å². The summed E-state index contributed by atoms with van der Waals surface area (Å²) in [4.78, 5) is 0. The maximum Gasteiger partial charge on any atom is -0.0288 e. The maximum atomic E-state index is 2.53. The number of hydrogen-bond donors (Lipinski definition) is 0. The van der Waals surface area contributed by atoms with Crippen LogP contribution in [0.2, 0.25) is 0 Å². The van der Waals surface area contributed by atoms with E-state index in [1.807, 2.05) is 0 Å². The van der Waals surface area contributed by atoms with E-state index < -0.39 is 0 Å². The highest BCUT2D eigenvalue weighted by atomic mass is 14.5. The summed E-state index contributed by atoms with van der Waals surface area (Å²) in [5.74, 6) is 5.48. The Morgan fingerprint density at radius 3 is 0.780 bits per heavy atom. The molecule has 356 valence electrons. The molecule has 0 radical (unpaired) electrons. The van der Waals surface area contributed by atoms with Crippen molar-refractivity contribution in [3.63, 3.8) is 0 Å². The number of rotatable bonds is 22. The van der Waals surface area contributed by atoms with Crippen molar-refractivity contribution >= 4 is 0 Å². The van der Waals surface area contributed by atoms with Gasteiger partial charge < -0.3 is 0 Å². The highest BCUT2D eigenvalue weighted by molar-refractivity contribution is 4.91. The Balaban J connectivity index is 6.61. The van der Waals surface area contributed by atoms with Crippen LogP contribution in [0.25, 0.3) is 0 Å². The lowest BCUT2D eigenvalue weighted by molar-refractivity contribution is 0.0177. The Bertz CT molecular complexity index is 1000. The van der Waals surface area contributed by atoms with Gasteiger partial charge in [0.15, 0.2) is 0 Å². The van der Waals surface area contributed by atoms with E-state index in [1.54, 1.807) is 0 Å². The van der Waals surface area contributed by atoms with Crippen LogP contribution in [0.5, 0.6) is 0 Å². The van der Waals surface area contributed by atoms with E-state index in [0.717, 1.165) is 41.4 Å². The van der Waals surface area contributed by atoms with Crippen LogP contribution in [-0.4, -0.2) is 0 Å². The van der Waals surface area contributed by atoms with E-state index in [2.05, 4.69) is 187 Å². The minimum Gasteiger partial charge on any atom is -0.0602 e. The van der Waals surface area contributed by atoms with E-state index >= 15 is 0 Å². The molecule has 0 nitrogen and oxygen atoms in total. The summed E-state index contributed by atoms with van der Waals surface area (Å²) in [5, 5.41) is 0. The highest BCUT2D eigenvalue weighted by Gasteiger charge is 2.42. The molecule has 0 heteroatoms. The smallest absolute Gasteiger partial charge is 0.0288 e. The summed E-state index contributed by atoms with van der Waals surface area (Å²) in [6, 6.07) is 0. The third-order valence-electron chi connectivity index (χ3n) is 15.2. The van der Waals surface area contributed by atoms with Gasteiger partial charge in [-0.2, -0.15) is 0 Å². The fourth-order valence-electron chi connectivity index (χ4n) is 14.5. The SMILES string of the molecule is CC(C)(C)CC(CCCC(CCCCCC(C(C)(C)C)C(C)(C)C)CC(CCCC(C(C)(C)C)C(C)(C)C)CCCC(C(C)(C)C)C(C)(C)C)C(C(C)(C)C)C(C)(C)C. The van der Waals surface area contributed by atoms with Gasteiger partial charge in [-0.15, -0.1) is 0 Å². The summed E-state index contributed by atoms with van der Waals surface area (Å²) in [5.41, 5.74) is 3.12. The van der Waals surface area contributed by atoms with E-state index in [0.29, 0.717) is 48.7 Å². The molecule has 0 N–H and O–H groups in total. The largest absolute Gasteiger partial charge is 0.0602 e. The first-order valence-corrected chi connectivity index (χ1v) is 26.0. The van der Waals surface area contributed by atoms with Crippen molar-refractivity contribution in [2.24, 2.45) is 90.2 Å². The fraction of sp³-hybridized carbons (Fsp3) is 1.00. The molecule has 0 fully saturated rings. The zero-order chi connectivity index (χ0) is 46.9. The monoisotopic (exact) mass is 829 g/mol. The van der Waals surface area contributed by atoms with Crippen molar-refractivity contribution < 1.29 is 0 Å². The lowest BCUT2D eigenvalue weighted by atomic mass is 9.58. The van der Waals surface area contributed by atoms with Gasteiger partial charge in [-0.05, 0) is 122 Å². The molecule has 0 saturated heterocycles. The first-order valence-electron chi connectivity index (χ1n) is 26.0. The molecular weight excluding hydrogens is 709 g/mol. The van der Waals surface area contributed by atoms with Gasteiger partial charge in [-0.1, -0.05) is 258 Å². The third kappa shape index (κ3) is 24.0. The Hall–Kier alpha value is 0. The van der Waals surface area contributed by atoms with Crippen LogP contribution in [0.15, 0.2) is 0 Å². The van der Waals surface area contributed by atoms with Crippen LogP contribution < -0.4 is 0 Å². The molecule has 0 amide bonds. The van der Waals surface area contributed by atoms with Gasteiger partial charge in [-0.3, -0.25) is 0 Å². The van der Waals surface area contributed by atoms with Gasteiger partial charge >= 0.3 is 0 Å². The maximum absolute atomic E-state index is 2.53. The Kier molecular flexibility index (Phi) is 22.8. The van der Waals surface area contributed by atoms with Crippen molar-refractivity contribution in [2.45, 2.75) is 290 Å². The van der Waals surface area contributed by atoms with Gasteiger partial charge in [0.25, 0.3) is 0 Å². The van der Waals surface area contributed by atoms with Crippen molar-refractivity contribution in [3.8, 4) is 0 Å². The third-order valence-corrected chi connectivity index (χ3v) is 15.2. The van der Waals surface area contributed by atoms with Gasteiger partial charge in [0.1, 0.15) is 0 Å². The van der Waals surface area contributed by atoms with Gasteiger partial charge in [0.2, 0.25) is 0 Å². The average molecular weight is 830 g/mol.